The van der Waals surface area contributed by atoms with Crippen molar-refractivity contribution in [3.63, 3.8) is 0 Å². The van der Waals surface area contributed by atoms with Crippen molar-refractivity contribution in [3.05, 3.63) is 65.0 Å². The maximum atomic E-state index is 13.3. The number of carbonyl (C=O) groups is 1. The Bertz CT molecular complexity index is 663. The first-order valence-electron chi connectivity index (χ1n) is 5.29. The highest BCUT2D eigenvalue weighted by Crippen LogP contribution is 2.18. The lowest BCUT2D eigenvalue weighted by Gasteiger charge is -2.07. The zero-order valence-electron chi connectivity index (χ0n) is 9.68. The average molecular weight is 287 g/mol. The highest BCUT2D eigenvalue weighted by Gasteiger charge is 2.16. The molecule has 0 saturated carbocycles. The Hall–Kier alpha value is -2.44. The summed E-state index contributed by atoms with van der Waals surface area (Å²) in [5.74, 6) is -7.77. The van der Waals surface area contributed by atoms with Crippen molar-refractivity contribution < 1.29 is 26.7 Å². The van der Waals surface area contributed by atoms with Crippen LogP contribution in [-0.4, -0.2) is 5.91 Å². The first-order chi connectivity index (χ1) is 9.38. The molecule has 0 spiro atoms. The van der Waals surface area contributed by atoms with Crippen LogP contribution in [0.4, 0.5) is 27.6 Å². The number of halogens is 5. The molecule has 0 unspecified atom stereocenters. The number of rotatable bonds is 2. The van der Waals surface area contributed by atoms with Gasteiger partial charge in [-0.05, 0) is 24.3 Å². The van der Waals surface area contributed by atoms with Crippen molar-refractivity contribution in [1.82, 2.24) is 0 Å². The van der Waals surface area contributed by atoms with E-state index < -0.39 is 40.6 Å². The second-order valence-corrected chi connectivity index (χ2v) is 3.83. The van der Waals surface area contributed by atoms with Crippen molar-refractivity contribution in [3.8, 4) is 0 Å². The number of benzene rings is 2. The van der Waals surface area contributed by atoms with Crippen LogP contribution in [0.15, 0.2) is 30.3 Å². The predicted octanol–water partition coefficient (Wildman–Crippen LogP) is 3.63. The lowest BCUT2D eigenvalue weighted by Crippen LogP contribution is -2.14. The molecule has 0 atom stereocenters. The SMILES string of the molecule is O=C(Nc1ccc(F)cc1F)c1cc(F)c(F)c(F)c1. The van der Waals surface area contributed by atoms with Crippen LogP contribution in [0, 0.1) is 29.1 Å². The summed E-state index contributed by atoms with van der Waals surface area (Å²) in [5, 5.41) is 1.99. The van der Waals surface area contributed by atoms with Gasteiger partial charge in [-0.25, -0.2) is 22.0 Å². The van der Waals surface area contributed by atoms with Crippen LogP contribution in [0.3, 0.4) is 0 Å². The molecule has 0 heterocycles. The maximum absolute atomic E-state index is 13.3. The largest absolute Gasteiger partial charge is 0.319 e. The smallest absolute Gasteiger partial charge is 0.255 e. The van der Waals surface area contributed by atoms with Crippen LogP contribution < -0.4 is 5.32 Å². The summed E-state index contributed by atoms with van der Waals surface area (Å²) in [7, 11) is 0. The van der Waals surface area contributed by atoms with Crippen molar-refractivity contribution in [2.24, 2.45) is 0 Å². The Morgan fingerprint density at radius 1 is 0.850 bits per heavy atom. The van der Waals surface area contributed by atoms with E-state index in [1.54, 1.807) is 0 Å². The minimum atomic E-state index is -1.71. The van der Waals surface area contributed by atoms with Gasteiger partial charge >= 0.3 is 0 Å². The molecule has 2 aromatic rings. The van der Waals surface area contributed by atoms with Crippen molar-refractivity contribution in [1.29, 1.82) is 0 Å². The van der Waals surface area contributed by atoms with Gasteiger partial charge in [0.05, 0.1) is 5.69 Å². The van der Waals surface area contributed by atoms with Crippen LogP contribution in [0.2, 0.25) is 0 Å². The number of nitrogens with one attached hydrogen (secondary N) is 1. The Kier molecular flexibility index (Phi) is 3.69. The summed E-state index contributed by atoms with van der Waals surface area (Å²) in [6.07, 6.45) is 0. The quantitative estimate of drug-likeness (QED) is 0.663. The fraction of sp³-hybridized carbons (Fsp3) is 0. The van der Waals surface area contributed by atoms with Gasteiger partial charge in [0.1, 0.15) is 11.6 Å². The third kappa shape index (κ3) is 2.76. The lowest BCUT2D eigenvalue weighted by atomic mass is 10.2. The molecular weight excluding hydrogens is 281 g/mol. The standard InChI is InChI=1S/C13H6F5NO/c14-7-1-2-11(8(15)5-7)19-13(20)6-3-9(16)12(18)10(17)4-6/h1-5H,(H,19,20). The first kappa shape index (κ1) is 14.0. The molecule has 0 aromatic heterocycles. The Labute approximate surface area is 109 Å². The van der Waals surface area contributed by atoms with E-state index in [4.69, 9.17) is 0 Å². The molecule has 0 aliphatic rings. The monoisotopic (exact) mass is 287 g/mol. The molecule has 0 fully saturated rings. The molecule has 1 amide bonds. The van der Waals surface area contributed by atoms with Crippen molar-refractivity contribution in [2.75, 3.05) is 5.32 Å². The van der Waals surface area contributed by atoms with E-state index in [1.165, 1.54) is 0 Å². The number of amides is 1. The molecular formula is C13H6F5NO. The number of anilines is 1. The molecule has 2 aromatic carbocycles. The van der Waals surface area contributed by atoms with Gasteiger partial charge in [-0.1, -0.05) is 0 Å². The average Bonchev–Trinajstić information content (AvgIpc) is 2.38. The molecule has 7 heteroatoms. The summed E-state index contributed by atoms with van der Waals surface area (Å²) in [6.45, 7) is 0. The van der Waals surface area contributed by atoms with Gasteiger partial charge in [0, 0.05) is 11.6 Å². The third-order valence-electron chi connectivity index (χ3n) is 2.43. The fourth-order valence-electron chi connectivity index (χ4n) is 1.47. The first-order valence-corrected chi connectivity index (χ1v) is 5.29. The van der Waals surface area contributed by atoms with Gasteiger partial charge in [0.25, 0.3) is 5.91 Å². The predicted molar refractivity (Wildman–Crippen MR) is 60.6 cm³/mol. The zero-order valence-corrected chi connectivity index (χ0v) is 9.68. The minimum Gasteiger partial charge on any atom is -0.319 e. The second kappa shape index (κ2) is 5.28. The Morgan fingerprint density at radius 2 is 1.45 bits per heavy atom. The molecule has 0 bridgehead atoms. The molecule has 0 aliphatic heterocycles. The highest BCUT2D eigenvalue weighted by atomic mass is 19.2. The van der Waals surface area contributed by atoms with Crippen molar-refractivity contribution >= 4 is 11.6 Å². The maximum Gasteiger partial charge on any atom is 0.255 e. The van der Waals surface area contributed by atoms with Crippen LogP contribution >= 0.6 is 0 Å². The molecule has 2 nitrogen and oxygen atoms in total. The summed E-state index contributed by atoms with van der Waals surface area (Å²) >= 11 is 0. The fourth-order valence-corrected chi connectivity index (χ4v) is 1.47. The third-order valence-corrected chi connectivity index (χ3v) is 2.43. The summed E-state index contributed by atoms with van der Waals surface area (Å²) in [5.41, 5.74) is -0.910. The van der Waals surface area contributed by atoms with Gasteiger partial charge < -0.3 is 5.32 Å². The minimum absolute atomic E-state index is 0.374. The molecule has 1 N–H and O–H groups in total. The second-order valence-electron chi connectivity index (χ2n) is 3.83. The normalized spacial score (nSPS) is 10.4. The highest BCUT2D eigenvalue weighted by molar-refractivity contribution is 6.04. The zero-order chi connectivity index (χ0) is 14.9. The van der Waals surface area contributed by atoms with Gasteiger partial charge in [0.15, 0.2) is 17.5 Å². The Balaban J connectivity index is 2.28. The van der Waals surface area contributed by atoms with E-state index in [0.29, 0.717) is 18.2 Å². The van der Waals surface area contributed by atoms with E-state index in [1.807, 2.05) is 5.32 Å². The molecule has 104 valence electrons. The van der Waals surface area contributed by atoms with E-state index in [0.717, 1.165) is 12.1 Å². The lowest BCUT2D eigenvalue weighted by molar-refractivity contribution is 0.102. The molecule has 2 rings (SSSR count). The summed E-state index contributed by atoms with van der Waals surface area (Å²) in [4.78, 5) is 11.6. The summed E-state index contributed by atoms with van der Waals surface area (Å²) in [6, 6.07) is 3.30. The van der Waals surface area contributed by atoms with Crippen LogP contribution in [-0.2, 0) is 0 Å². The van der Waals surface area contributed by atoms with Crippen LogP contribution in [0.25, 0.3) is 0 Å². The number of hydrogen-bond donors (Lipinski definition) is 1. The molecule has 20 heavy (non-hydrogen) atoms. The van der Waals surface area contributed by atoms with Gasteiger partial charge in [-0.3, -0.25) is 4.79 Å². The van der Waals surface area contributed by atoms with E-state index in [9.17, 15) is 26.7 Å². The molecule has 0 aliphatic carbocycles. The van der Waals surface area contributed by atoms with E-state index in [-0.39, 0.29) is 5.69 Å². The van der Waals surface area contributed by atoms with Crippen LogP contribution in [0.1, 0.15) is 10.4 Å². The molecule has 0 saturated heterocycles. The van der Waals surface area contributed by atoms with Crippen molar-refractivity contribution in [2.45, 2.75) is 0 Å². The molecule has 0 radical (unpaired) electrons. The van der Waals surface area contributed by atoms with Crippen LogP contribution in [0.5, 0.6) is 0 Å². The van der Waals surface area contributed by atoms with Gasteiger partial charge in [-0.15, -0.1) is 0 Å². The number of carbonyl (C=O) groups excluding carboxylic acids is 1. The van der Waals surface area contributed by atoms with E-state index in [2.05, 4.69) is 0 Å². The number of hydrogen-bond acceptors (Lipinski definition) is 1. The van der Waals surface area contributed by atoms with Gasteiger partial charge in [0.2, 0.25) is 0 Å². The van der Waals surface area contributed by atoms with E-state index >= 15 is 0 Å². The van der Waals surface area contributed by atoms with Gasteiger partial charge in [-0.2, -0.15) is 0 Å². The topological polar surface area (TPSA) is 29.1 Å². The Morgan fingerprint density at radius 3 is 2.00 bits per heavy atom. The summed E-state index contributed by atoms with van der Waals surface area (Å²) < 4.78 is 64.6.